The van der Waals surface area contributed by atoms with Gasteiger partial charge in [0, 0.05) is 0 Å². The molecule has 16 heavy (non-hydrogen) atoms. The quantitative estimate of drug-likeness (QED) is 0.308. The second-order valence-electron chi connectivity index (χ2n) is 3.07. The molecule has 0 bridgehead atoms. The molecule has 0 aromatic heterocycles. The van der Waals surface area contributed by atoms with Gasteiger partial charge in [0.2, 0.25) is 5.91 Å². The van der Waals surface area contributed by atoms with Crippen molar-refractivity contribution in [2.24, 2.45) is 5.92 Å². The van der Waals surface area contributed by atoms with Crippen LogP contribution in [-0.2, 0) is 24.6 Å². The lowest BCUT2D eigenvalue weighted by Gasteiger charge is -2.40. The molecule has 0 radical (unpaired) electrons. The minimum atomic E-state index is -4.74. The molecule has 1 N–H and O–H groups in total. The third kappa shape index (κ3) is 1.93. The first-order chi connectivity index (χ1) is 7.34. The second kappa shape index (κ2) is 4.22. The van der Waals surface area contributed by atoms with Crippen molar-refractivity contribution in [3.63, 3.8) is 0 Å². The maximum atomic E-state index is 11.4. The Kier molecular flexibility index (Phi) is 3.34. The molecule has 1 aliphatic rings. The normalized spacial score (nSPS) is 24.9. The summed E-state index contributed by atoms with van der Waals surface area (Å²) in [6, 6.07) is -1.35. The number of amides is 1. The fourth-order valence-electron chi connectivity index (χ4n) is 1.44. The van der Waals surface area contributed by atoms with E-state index < -0.39 is 34.1 Å². The Bertz CT molecular complexity index is 428. The van der Waals surface area contributed by atoms with Crippen LogP contribution in [0.5, 0.6) is 0 Å². The van der Waals surface area contributed by atoms with Gasteiger partial charge in [0.25, 0.3) is 0 Å². The molecule has 8 heteroatoms. The summed E-state index contributed by atoms with van der Waals surface area (Å²) in [5, 5.41) is 0. The van der Waals surface area contributed by atoms with Crippen LogP contribution in [0.3, 0.4) is 0 Å². The fraction of sp³-hybridized carbons (Fsp3) is 0.500. The molecular weight excluding hydrogens is 238 g/mol. The zero-order valence-electron chi connectivity index (χ0n) is 8.49. The summed E-state index contributed by atoms with van der Waals surface area (Å²) in [7, 11) is -4.74. The SMILES string of the molecule is C=CC1C(=O)N(S(=O)(=O)O)C1C(=O)OCC. The number of ether oxygens (including phenoxy) is 1. The molecule has 0 aliphatic carbocycles. The molecule has 2 unspecified atom stereocenters. The van der Waals surface area contributed by atoms with Gasteiger partial charge >= 0.3 is 16.3 Å². The summed E-state index contributed by atoms with van der Waals surface area (Å²) >= 11 is 0. The van der Waals surface area contributed by atoms with Crippen molar-refractivity contribution in [3.05, 3.63) is 12.7 Å². The average molecular weight is 249 g/mol. The van der Waals surface area contributed by atoms with Gasteiger partial charge in [-0.1, -0.05) is 6.08 Å². The first-order valence-electron chi connectivity index (χ1n) is 4.44. The predicted octanol–water partition coefficient (Wildman–Crippen LogP) is -0.635. The van der Waals surface area contributed by atoms with Gasteiger partial charge in [0.05, 0.1) is 12.5 Å². The minimum absolute atomic E-state index is 0.0483. The monoisotopic (exact) mass is 249 g/mol. The highest BCUT2D eigenvalue weighted by Crippen LogP contribution is 2.30. The van der Waals surface area contributed by atoms with Gasteiger partial charge in [0.1, 0.15) is 0 Å². The molecule has 7 nitrogen and oxygen atoms in total. The van der Waals surface area contributed by atoms with Crippen LogP contribution in [0.1, 0.15) is 6.92 Å². The third-order valence-electron chi connectivity index (χ3n) is 2.13. The second-order valence-corrected chi connectivity index (χ2v) is 4.36. The summed E-state index contributed by atoms with van der Waals surface area (Å²) in [4.78, 5) is 22.6. The number of hydrogen-bond donors (Lipinski definition) is 1. The Morgan fingerprint density at radius 2 is 2.25 bits per heavy atom. The molecule has 0 aromatic carbocycles. The van der Waals surface area contributed by atoms with Crippen LogP contribution >= 0.6 is 0 Å². The van der Waals surface area contributed by atoms with Crippen molar-refractivity contribution in [1.29, 1.82) is 0 Å². The Hall–Kier alpha value is -1.41. The van der Waals surface area contributed by atoms with E-state index in [1.54, 1.807) is 6.92 Å². The smallest absolute Gasteiger partial charge is 0.363 e. The van der Waals surface area contributed by atoms with Crippen molar-refractivity contribution in [2.75, 3.05) is 6.61 Å². The highest BCUT2D eigenvalue weighted by molar-refractivity contribution is 7.84. The highest BCUT2D eigenvalue weighted by atomic mass is 32.2. The van der Waals surface area contributed by atoms with Crippen molar-refractivity contribution in [3.8, 4) is 0 Å². The standard InChI is InChI=1S/C8H11NO6S/c1-3-5-6(8(11)15-4-2)9(7(5)10)16(12,13)14/h3,5-6H,1,4H2,2H3,(H,12,13,14). The largest absolute Gasteiger partial charge is 0.464 e. The number of nitrogens with zero attached hydrogens (tertiary/aromatic N) is 1. The Balaban J connectivity index is 2.98. The number of carbonyl (C=O) groups is 2. The van der Waals surface area contributed by atoms with Gasteiger partial charge < -0.3 is 4.74 Å². The number of rotatable bonds is 4. The molecule has 1 rings (SSSR count). The van der Waals surface area contributed by atoms with Crippen LogP contribution in [-0.4, -0.2) is 41.8 Å². The van der Waals surface area contributed by atoms with E-state index in [1.807, 2.05) is 0 Å². The zero-order chi connectivity index (χ0) is 12.5. The van der Waals surface area contributed by atoms with Gasteiger partial charge in [-0.05, 0) is 6.92 Å². The Labute approximate surface area is 92.6 Å². The van der Waals surface area contributed by atoms with Crippen molar-refractivity contribution < 1.29 is 27.3 Å². The van der Waals surface area contributed by atoms with Gasteiger partial charge in [-0.25, -0.2) is 9.10 Å². The van der Waals surface area contributed by atoms with Crippen molar-refractivity contribution in [2.45, 2.75) is 13.0 Å². The molecular formula is C8H11NO6S. The van der Waals surface area contributed by atoms with Gasteiger partial charge in [-0.15, -0.1) is 6.58 Å². The van der Waals surface area contributed by atoms with Gasteiger partial charge in [0.15, 0.2) is 6.04 Å². The topological polar surface area (TPSA) is 101 Å². The van der Waals surface area contributed by atoms with Gasteiger partial charge in [-0.3, -0.25) is 9.35 Å². The molecule has 0 spiro atoms. The molecule has 2 atom stereocenters. The minimum Gasteiger partial charge on any atom is -0.464 e. The van der Waals surface area contributed by atoms with Crippen LogP contribution in [0.25, 0.3) is 0 Å². The summed E-state index contributed by atoms with van der Waals surface area (Å²) in [6.45, 7) is 4.90. The lowest BCUT2D eigenvalue weighted by Crippen LogP contribution is -2.65. The van der Waals surface area contributed by atoms with Crippen molar-refractivity contribution in [1.82, 2.24) is 4.31 Å². The molecule has 90 valence electrons. The van der Waals surface area contributed by atoms with E-state index >= 15 is 0 Å². The molecule has 1 aliphatic heterocycles. The lowest BCUT2D eigenvalue weighted by molar-refractivity contribution is -0.164. The first-order valence-corrected chi connectivity index (χ1v) is 5.84. The third-order valence-corrected chi connectivity index (χ3v) is 3.03. The van der Waals surface area contributed by atoms with E-state index in [2.05, 4.69) is 11.3 Å². The van der Waals surface area contributed by atoms with Crippen molar-refractivity contribution >= 4 is 22.2 Å². The van der Waals surface area contributed by atoms with Crippen LogP contribution in [0, 0.1) is 5.92 Å². The fourth-order valence-corrected chi connectivity index (χ4v) is 2.29. The molecule has 1 amide bonds. The van der Waals surface area contributed by atoms with E-state index in [-0.39, 0.29) is 10.9 Å². The molecule has 1 saturated heterocycles. The summed E-state index contributed by atoms with van der Waals surface area (Å²) < 4.78 is 35.1. The summed E-state index contributed by atoms with van der Waals surface area (Å²) in [5.41, 5.74) is 0. The predicted molar refractivity (Wildman–Crippen MR) is 52.5 cm³/mol. The van der Waals surface area contributed by atoms with Crippen LogP contribution in [0.2, 0.25) is 0 Å². The molecule has 1 fully saturated rings. The van der Waals surface area contributed by atoms with Crippen LogP contribution in [0.4, 0.5) is 0 Å². The average Bonchev–Trinajstić information content (AvgIpc) is 2.12. The van der Waals surface area contributed by atoms with Crippen LogP contribution < -0.4 is 0 Å². The van der Waals surface area contributed by atoms with E-state index in [0.29, 0.717) is 0 Å². The number of carbonyl (C=O) groups excluding carboxylic acids is 2. The zero-order valence-corrected chi connectivity index (χ0v) is 9.31. The number of esters is 1. The van der Waals surface area contributed by atoms with E-state index in [4.69, 9.17) is 4.55 Å². The van der Waals surface area contributed by atoms with E-state index in [1.165, 1.54) is 0 Å². The summed E-state index contributed by atoms with van der Waals surface area (Å²) in [5.74, 6) is -2.75. The van der Waals surface area contributed by atoms with E-state index in [0.717, 1.165) is 6.08 Å². The maximum absolute atomic E-state index is 11.4. The summed E-state index contributed by atoms with van der Waals surface area (Å²) in [6.07, 6.45) is 1.14. The maximum Gasteiger partial charge on any atom is 0.363 e. The Morgan fingerprint density at radius 1 is 1.69 bits per heavy atom. The Morgan fingerprint density at radius 3 is 2.62 bits per heavy atom. The van der Waals surface area contributed by atoms with E-state index in [9.17, 15) is 18.0 Å². The van der Waals surface area contributed by atoms with Gasteiger partial charge in [-0.2, -0.15) is 8.42 Å². The number of β-lactam (4-membered cyclic amide) rings is 1. The highest BCUT2D eigenvalue weighted by Gasteiger charge is 2.56. The molecule has 0 aromatic rings. The molecule has 0 saturated carbocycles. The van der Waals surface area contributed by atoms with Crippen LogP contribution in [0.15, 0.2) is 12.7 Å². The molecule has 1 heterocycles. The first kappa shape index (κ1) is 12.7. The lowest BCUT2D eigenvalue weighted by atomic mass is 9.91. The number of hydrogen-bond acceptors (Lipinski definition) is 5.